The van der Waals surface area contributed by atoms with E-state index in [0.717, 1.165) is 43.6 Å². The maximum atomic E-state index is 14.8. The number of carbonyl (C=O) groups is 2. The van der Waals surface area contributed by atoms with Gasteiger partial charge in [0.05, 0.1) is 18.2 Å². The van der Waals surface area contributed by atoms with Crippen LogP contribution in [0.5, 0.6) is 0 Å². The maximum absolute atomic E-state index is 14.8. The molecule has 3 aliphatic rings. The Bertz CT molecular complexity index is 1110. The number of carbonyl (C=O) groups excluding carboxylic acids is 2. The van der Waals surface area contributed by atoms with Gasteiger partial charge in [0, 0.05) is 19.0 Å². The van der Waals surface area contributed by atoms with Gasteiger partial charge in [0.25, 0.3) is 0 Å². The molecule has 0 radical (unpaired) electrons. The van der Waals surface area contributed by atoms with E-state index < -0.39 is 29.7 Å². The quantitative estimate of drug-likeness (QED) is 0.314. The molecule has 1 amide bonds. The molecule has 5 nitrogen and oxygen atoms in total. The first-order valence-corrected chi connectivity index (χ1v) is 13.1. The Morgan fingerprint density at radius 2 is 1.76 bits per heavy atom. The number of alkyl halides is 2. The van der Waals surface area contributed by atoms with Gasteiger partial charge in [-0.1, -0.05) is 46.9 Å². The van der Waals surface area contributed by atoms with E-state index in [2.05, 4.69) is 4.90 Å². The van der Waals surface area contributed by atoms with Crippen LogP contribution in [0.15, 0.2) is 54.6 Å². The molecule has 2 aromatic rings. The van der Waals surface area contributed by atoms with Crippen LogP contribution in [0.4, 0.5) is 13.3 Å². The van der Waals surface area contributed by atoms with Gasteiger partial charge in [-0.2, -0.15) is 13.9 Å². The highest BCUT2D eigenvalue weighted by molar-refractivity contribution is 5.89. The number of hydrogen-bond donors (Lipinski definition) is 0. The molecule has 2 saturated carbocycles. The molecule has 1 spiro atoms. The van der Waals surface area contributed by atoms with Gasteiger partial charge in [-0.05, 0) is 80.2 Å². The van der Waals surface area contributed by atoms with Gasteiger partial charge in [0.2, 0.25) is 0 Å². The lowest BCUT2D eigenvalue weighted by molar-refractivity contribution is -0.203. The Morgan fingerprint density at radius 1 is 1.08 bits per heavy atom. The predicted molar refractivity (Wildman–Crippen MR) is 133 cm³/mol. The number of aryl methyl sites for hydroxylation is 1. The van der Waals surface area contributed by atoms with Gasteiger partial charge in [-0.15, -0.1) is 0 Å². The van der Waals surface area contributed by atoms with Gasteiger partial charge < -0.3 is 9.64 Å². The molecule has 2 atom stereocenters. The first kappa shape index (κ1) is 25.8. The van der Waals surface area contributed by atoms with Crippen molar-refractivity contribution in [1.82, 2.24) is 10.0 Å². The topological polar surface area (TPSA) is 49.9 Å². The van der Waals surface area contributed by atoms with Gasteiger partial charge in [0.15, 0.2) is 0 Å². The number of halogens is 3. The van der Waals surface area contributed by atoms with E-state index >= 15 is 0 Å². The van der Waals surface area contributed by atoms with E-state index in [-0.39, 0.29) is 22.9 Å². The number of rotatable bonds is 10. The summed E-state index contributed by atoms with van der Waals surface area (Å²) in [6.45, 7) is 4.63. The Balaban J connectivity index is 1.02. The van der Waals surface area contributed by atoms with Crippen molar-refractivity contribution < 1.29 is 27.6 Å². The molecule has 2 unspecified atom stereocenters. The SMILES string of the molecule is CCOC(=O)c1ccc(CCCN2CC3(CC(N(F)C(=O)C(F)(F)C4CC4c4ccccc4)C3)C2)cc1. The summed E-state index contributed by atoms with van der Waals surface area (Å²) in [5.41, 5.74) is 2.40. The molecule has 0 N–H and O–H groups in total. The van der Waals surface area contributed by atoms with Gasteiger partial charge in [-0.3, -0.25) is 4.79 Å². The van der Waals surface area contributed by atoms with E-state index in [4.69, 9.17) is 4.74 Å². The second-order valence-corrected chi connectivity index (χ2v) is 10.9. The number of hydrogen-bond acceptors (Lipinski definition) is 4. The van der Waals surface area contributed by atoms with E-state index in [1.807, 2.05) is 18.2 Å². The number of likely N-dealkylation sites (tertiary alicyclic amines) is 1. The third kappa shape index (κ3) is 5.26. The molecule has 1 heterocycles. The second-order valence-electron chi connectivity index (χ2n) is 10.9. The van der Waals surface area contributed by atoms with Gasteiger partial charge in [0.1, 0.15) is 0 Å². The minimum atomic E-state index is -3.68. The van der Waals surface area contributed by atoms with Crippen LogP contribution in [0, 0.1) is 11.3 Å². The van der Waals surface area contributed by atoms with Crippen LogP contribution in [0.1, 0.15) is 60.0 Å². The standard InChI is InChI=1S/C29H33F3N2O3/c1-2-37-26(35)22-12-10-20(11-13-22)7-6-14-33-18-28(19-33)16-23(17-28)34(32)27(36)29(30,31)25-15-24(25)21-8-4-3-5-9-21/h3-5,8-13,23-25H,2,6-7,14-19H2,1H3. The van der Waals surface area contributed by atoms with Crippen LogP contribution in [0.2, 0.25) is 0 Å². The summed E-state index contributed by atoms with van der Waals surface area (Å²) in [6.07, 6.45) is 2.90. The summed E-state index contributed by atoms with van der Waals surface area (Å²) in [5.74, 6) is -7.20. The molecule has 2 aromatic carbocycles. The fourth-order valence-corrected chi connectivity index (χ4v) is 6.08. The monoisotopic (exact) mass is 514 g/mol. The van der Waals surface area contributed by atoms with Gasteiger partial charge in [-0.25, -0.2) is 4.79 Å². The second kappa shape index (κ2) is 10.1. The maximum Gasteiger partial charge on any atom is 0.338 e. The van der Waals surface area contributed by atoms with Gasteiger partial charge >= 0.3 is 17.8 Å². The van der Waals surface area contributed by atoms with Crippen molar-refractivity contribution in [2.75, 3.05) is 26.2 Å². The highest BCUT2D eigenvalue weighted by Gasteiger charge is 2.63. The third-order valence-electron chi connectivity index (χ3n) is 8.14. The van der Waals surface area contributed by atoms with Crippen LogP contribution < -0.4 is 0 Å². The summed E-state index contributed by atoms with van der Waals surface area (Å²) in [5, 5.41) is -0.172. The highest BCUT2D eigenvalue weighted by atomic mass is 19.3. The van der Waals surface area contributed by atoms with Crippen molar-refractivity contribution in [3.63, 3.8) is 0 Å². The first-order valence-electron chi connectivity index (χ1n) is 13.1. The fourth-order valence-electron chi connectivity index (χ4n) is 6.08. The zero-order valence-corrected chi connectivity index (χ0v) is 21.0. The minimum absolute atomic E-state index is 0.0575. The summed E-state index contributed by atoms with van der Waals surface area (Å²) >= 11 is 0. The Morgan fingerprint density at radius 3 is 2.41 bits per heavy atom. The molecule has 1 aliphatic heterocycles. The highest BCUT2D eigenvalue weighted by Crippen LogP contribution is 2.57. The zero-order chi connectivity index (χ0) is 26.2. The third-order valence-corrected chi connectivity index (χ3v) is 8.14. The lowest BCUT2D eigenvalue weighted by Crippen LogP contribution is -2.66. The molecular formula is C29H33F3N2O3. The largest absolute Gasteiger partial charge is 0.462 e. The number of benzene rings is 2. The van der Waals surface area contributed by atoms with Crippen LogP contribution in [0.25, 0.3) is 0 Å². The average Bonchev–Trinajstić information content (AvgIpc) is 3.66. The number of esters is 1. The lowest BCUT2D eigenvalue weighted by Gasteiger charge is -2.59. The van der Waals surface area contributed by atoms with Crippen molar-refractivity contribution in [3.8, 4) is 0 Å². The summed E-state index contributed by atoms with van der Waals surface area (Å²) in [6, 6.07) is 15.6. The molecule has 8 heteroatoms. The molecule has 5 rings (SSSR count). The van der Waals surface area contributed by atoms with Crippen molar-refractivity contribution >= 4 is 11.9 Å². The zero-order valence-electron chi connectivity index (χ0n) is 21.0. The summed E-state index contributed by atoms with van der Waals surface area (Å²) < 4.78 is 49.3. The normalized spacial score (nSPS) is 22.7. The van der Waals surface area contributed by atoms with E-state index in [0.29, 0.717) is 25.0 Å². The Kier molecular flexibility index (Phi) is 7.05. The van der Waals surface area contributed by atoms with E-state index in [1.165, 1.54) is 0 Å². The van der Waals surface area contributed by atoms with Crippen molar-refractivity contribution in [1.29, 1.82) is 0 Å². The Labute approximate surface area is 215 Å². The number of nitrogens with zero attached hydrogens (tertiary/aromatic N) is 2. The summed E-state index contributed by atoms with van der Waals surface area (Å²) in [4.78, 5) is 26.4. The minimum Gasteiger partial charge on any atom is -0.462 e. The Hall–Kier alpha value is -2.87. The van der Waals surface area contributed by atoms with Crippen LogP contribution in [0.3, 0.4) is 0 Å². The predicted octanol–water partition coefficient (Wildman–Crippen LogP) is 5.41. The molecule has 3 fully saturated rings. The molecule has 198 valence electrons. The fraction of sp³-hybridized carbons (Fsp3) is 0.517. The number of amides is 1. The van der Waals surface area contributed by atoms with E-state index in [9.17, 15) is 22.9 Å². The number of ether oxygens (including phenoxy) is 1. The van der Waals surface area contributed by atoms with Crippen LogP contribution in [-0.2, 0) is 16.0 Å². The lowest BCUT2D eigenvalue weighted by atomic mass is 9.60. The van der Waals surface area contributed by atoms with E-state index in [1.54, 1.807) is 43.3 Å². The smallest absolute Gasteiger partial charge is 0.338 e. The first-order chi connectivity index (χ1) is 17.7. The summed E-state index contributed by atoms with van der Waals surface area (Å²) in [7, 11) is 0. The van der Waals surface area contributed by atoms with Crippen LogP contribution in [-0.4, -0.2) is 60.1 Å². The molecule has 2 aliphatic carbocycles. The molecule has 1 saturated heterocycles. The molecule has 0 aromatic heterocycles. The van der Waals surface area contributed by atoms with Crippen molar-refractivity contribution in [2.45, 2.75) is 56.9 Å². The molecule has 0 bridgehead atoms. The average molecular weight is 515 g/mol. The van der Waals surface area contributed by atoms with Crippen LogP contribution >= 0.6 is 0 Å². The molecule has 37 heavy (non-hydrogen) atoms. The molecular weight excluding hydrogens is 481 g/mol. The van der Waals surface area contributed by atoms with Crippen molar-refractivity contribution in [3.05, 3.63) is 71.3 Å². The van der Waals surface area contributed by atoms with Crippen molar-refractivity contribution in [2.24, 2.45) is 11.3 Å².